The summed E-state index contributed by atoms with van der Waals surface area (Å²) in [5.41, 5.74) is 1.76. The Balaban J connectivity index is 1.27. The van der Waals surface area contributed by atoms with E-state index in [1.165, 1.54) is 13.2 Å². The van der Waals surface area contributed by atoms with Gasteiger partial charge in [0, 0.05) is 26.2 Å². The molecule has 226 valence electrons. The second-order valence-corrected chi connectivity index (χ2v) is 11.0. The third kappa shape index (κ3) is 6.09. The van der Waals surface area contributed by atoms with Crippen LogP contribution in [0, 0.1) is 23.0 Å². The van der Waals surface area contributed by atoms with E-state index < -0.39 is 35.7 Å². The van der Waals surface area contributed by atoms with E-state index in [2.05, 4.69) is 21.6 Å². The largest absolute Gasteiger partial charge is 0.466 e. The minimum atomic E-state index is -1.39. The molecule has 1 saturated carbocycles. The number of methoxy groups -OCH3 is 2. The van der Waals surface area contributed by atoms with Crippen LogP contribution in [0.1, 0.15) is 54.3 Å². The zero-order valence-electron chi connectivity index (χ0n) is 23.9. The van der Waals surface area contributed by atoms with E-state index in [1.54, 1.807) is 0 Å². The molecule has 5 rings (SSSR count). The average molecular weight is 594 g/mol. The predicted molar refractivity (Wildman–Crippen MR) is 150 cm³/mol. The normalized spacial score (nSPS) is 22.8. The summed E-state index contributed by atoms with van der Waals surface area (Å²) < 4.78 is 38.1. The fraction of sp³-hybridized carbons (Fsp3) is 0.419. The SMILES string of the molecule is COCC1=C(C(=O)OC)C(c2ccc(F)c(F)c2)N(C(=O)NC2CN(C3CCC(c4ccccc4C#N)CC3)C2)C(=O)N1. The summed E-state index contributed by atoms with van der Waals surface area (Å²) in [7, 11) is 2.50. The summed E-state index contributed by atoms with van der Waals surface area (Å²) in [4.78, 5) is 42.7. The average Bonchev–Trinajstić information content (AvgIpc) is 2.99. The summed E-state index contributed by atoms with van der Waals surface area (Å²) in [6.07, 6.45) is 3.86. The highest BCUT2D eigenvalue weighted by Crippen LogP contribution is 2.38. The molecule has 2 aromatic rings. The Labute approximate surface area is 248 Å². The molecule has 2 aromatic carbocycles. The monoisotopic (exact) mass is 593 g/mol. The lowest BCUT2D eigenvalue weighted by Gasteiger charge is -2.47. The highest BCUT2D eigenvalue weighted by molar-refractivity contribution is 6.01. The van der Waals surface area contributed by atoms with E-state index in [-0.39, 0.29) is 29.5 Å². The molecule has 0 radical (unpaired) electrons. The van der Waals surface area contributed by atoms with Crippen LogP contribution in [-0.4, -0.2) is 73.8 Å². The third-order valence-electron chi connectivity index (χ3n) is 8.48. The van der Waals surface area contributed by atoms with Gasteiger partial charge in [0.05, 0.1) is 42.7 Å². The van der Waals surface area contributed by atoms with Gasteiger partial charge in [-0.2, -0.15) is 5.26 Å². The minimum absolute atomic E-state index is 0.0165. The van der Waals surface area contributed by atoms with Gasteiger partial charge in [0.1, 0.15) is 6.04 Å². The van der Waals surface area contributed by atoms with Crippen LogP contribution in [0.2, 0.25) is 0 Å². The molecule has 12 heteroatoms. The number of nitrogens with zero attached hydrogens (tertiary/aromatic N) is 3. The summed E-state index contributed by atoms with van der Waals surface area (Å²) >= 11 is 0. The summed E-state index contributed by atoms with van der Waals surface area (Å²) in [6, 6.07) is 10.0. The van der Waals surface area contributed by atoms with Gasteiger partial charge in [0.2, 0.25) is 0 Å². The van der Waals surface area contributed by atoms with Crippen molar-refractivity contribution in [3.05, 3.63) is 82.1 Å². The Hall–Kier alpha value is -4.34. The van der Waals surface area contributed by atoms with Crippen molar-refractivity contribution in [1.82, 2.24) is 20.4 Å². The van der Waals surface area contributed by atoms with Crippen LogP contribution < -0.4 is 10.6 Å². The first-order valence-corrected chi connectivity index (χ1v) is 14.1. The van der Waals surface area contributed by atoms with E-state index in [1.807, 2.05) is 24.3 Å². The molecular weight excluding hydrogens is 560 g/mol. The summed E-state index contributed by atoms with van der Waals surface area (Å²) in [6.45, 7) is 0.972. The molecule has 43 heavy (non-hydrogen) atoms. The molecule has 2 N–H and O–H groups in total. The van der Waals surface area contributed by atoms with E-state index >= 15 is 0 Å². The van der Waals surface area contributed by atoms with Gasteiger partial charge in [-0.3, -0.25) is 4.90 Å². The Morgan fingerprint density at radius 3 is 2.44 bits per heavy atom. The van der Waals surface area contributed by atoms with Gasteiger partial charge in [-0.15, -0.1) is 0 Å². The number of likely N-dealkylation sites (tertiary alicyclic amines) is 1. The Morgan fingerprint density at radius 2 is 1.79 bits per heavy atom. The maximum Gasteiger partial charge on any atom is 0.338 e. The van der Waals surface area contributed by atoms with Crippen molar-refractivity contribution in [2.45, 2.75) is 49.7 Å². The number of ether oxygens (including phenoxy) is 2. The number of imide groups is 1. The van der Waals surface area contributed by atoms with Crippen LogP contribution in [0.5, 0.6) is 0 Å². The maximum absolute atomic E-state index is 14.3. The second-order valence-electron chi connectivity index (χ2n) is 11.0. The number of hydrogen-bond acceptors (Lipinski definition) is 7. The first kappa shape index (κ1) is 30.1. The number of halogens is 2. The Bertz CT molecular complexity index is 1480. The number of esters is 1. The van der Waals surface area contributed by atoms with Gasteiger partial charge in [0.15, 0.2) is 11.6 Å². The molecule has 1 saturated heterocycles. The molecule has 2 aliphatic heterocycles. The number of urea groups is 2. The first-order chi connectivity index (χ1) is 20.7. The zero-order valence-corrected chi connectivity index (χ0v) is 23.9. The number of nitriles is 1. The lowest BCUT2D eigenvalue weighted by molar-refractivity contribution is -0.137. The molecule has 1 aliphatic carbocycles. The third-order valence-corrected chi connectivity index (χ3v) is 8.48. The van der Waals surface area contributed by atoms with E-state index in [0.717, 1.165) is 61.0 Å². The summed E-state index contributed by atoms with van der Waals surface area (Å²) in [5, 5.41) is 14.8. The van der Waals surface area contributed by atoms with Crippen LogP contribution in [0.4, 0.5) is 18.4 Å². The van der Waals surface area contributed by atoms with Crippen LogP contribution in [-0.2, 0) is 14.3 Å². The molecule has 2 fully saturated rings. The molecule has 2 heterocycles. The van der Waals surface area contributed by atoms with Crippen LogP contribution in [0.15, 0.2) is 53.7 Å². The standard InChI is InChI=1S/C31H33F2N5O5/c1-42-17-26-27(29(39)43-2)28(19-9-12-24(32)25(33)13-19)38(31(41)36-26)30(40)35-21-15-37(16-21)22-10-7-18(8-11-22)23-6-4-3-5-20(23)14-34/h3-6,9,12-13,18,21-22,28H,7-8,10-11,15-17H2,1-2H3,(H,35,40)(H,36,41). The van der Waals surface area contributed by atoms with Gasteiger partial charge < -0.3 is 20.1 Å². The molecule has 0 aromatic heterocycles. The second kappa shape index (κ2) is 12.9. The quantitative estimate of drug-likeness (QED) is 0.464. The lowest BCUT2D eigenvalue weighted by atomic mass is 9.79. The first-order valence-electron chi connectivity index (χ1n) is 14.1. The van der Waals surface area contributed by atoms with Crippen molar-refractivity contribution in [2.24, 2.45) is 0 Å². The Kier molecular flexibility index (Phi) is 9.03. The van der Waals surface area contributed by atoms with Gasteiger partial charge in [0.25, 0.3) is 0 Å². The zero-order chi connectivity index (χ0) is 30.7. The highest BCUT2D eigenvalue weighted by Gasteiger charge is 2.45. The molecule has 1 atom stereocenters. The number of amides is 4. The predicted octanol–water partition coefficient (Wildman–Crippen LogP) is 4.10. The lowest BCUT2D eigenvalue weighted by Crippen LogP contribution is -2.65. The highest BCUT2D eigenvalue weighted by atomic mass is 19.2. The molecule has 4 amide bonds. The smallest absolute Gasteiger partial charge is 0.338 e. The molecular formula is C31H33F2N5O5. The maximum atomic E-state index is 14.3. The van der Waals surface area contributed by atoms with Gasteiger partial charge >= 0.3 is 18.0 Å². The van der Waals surface area contributed by atoms with Crippen LogP contribution in [0.25, 0.3) is 0 Å². The number of carbonyl (C=O) groups excluding carboxylic acids is 3. The number of nitrogens with one attached hydrogen (secondary N) is 2. The molecule has 10 nitrogen and oxygen atoms in total. The van der Waals surface area contributed by atoms with Crippen molar-refractivity contribution >= 4 is 18.0 Å². The number of rotatable bonds is 7. The van der Waals surface area contributed by atoms with Crippen molar-refractivity contribution in [3.63, 3.8) is 0 Å². The van der Waals surface area contributed by atoms with Crippen molar-refractivity contribution in [2.75, 3.05) is 33.9 Å². The minimum Gasteiger partial charge on any atom is -0.466 e. The molecule has 0 spiro atoms. The van der Waals surface area contributed by atoms with E-state index in [0.29, 0.717) is 25.0 Å². The van der Waals surface area contributed by atoms with E-state index in [9.17, 15) is 28.4 Å². The van der Waals surface area contributed by atoms with Crippen molar-refractivity contribution in [3.8, 4) is 6.07 Å². The molecule has 1 unspecified atom stereocenters. The Morgan fingerprint density at radius 1 is 1.07 bits per heavy atom. The van der Waals surface area contributed by atoms with Crippen LogP contribution in [0.3, 0.4) is 0 Å². The molecule has 3 aliphatic rings. The fourth-order valence-electron chi connectivity index (χ4n) is 6.33. The summed E-state index contributed by atoms with van der Waals surface area (Å²) in [5.74, 6) is -2.82. The topological polar surface area (TPSA) is 124 Å². The van der Waals surface area contributed by atoms with Gasteiger partial charge in [-0.05, 0) is 60.9 Å². The van der Waals surface area contributed by atoms with Crippen molar-refractivity contribution < 1.29 is 32.6 Å². The number of carbonyl (C=O) groups is 3. The number of hydrogen-bond donors (Lipinski definition) is 2. The van der Waals surface area contributed by atoms with E-state index in [4.69, 9.17) is 9.47 Å². The van der Waals surface area contributed by atoms with Crippen LogP contribution >= 0.6 is 0 Å². The fourth-order valence-corrected chi connectivity index (χ4v) is 6.33. The molecule has 0 bridgehead atoms. The van der Waals surface area contributed by atoms with Crippen molar-refractivity contribution in [1.29, 1.82) is 5.26 Å². The van der Waals surface area contributed by atoms with Gasteiger partial charge in [-0.1, -0.05) is 24.3 Å². The van der Waals surface area contributed by atoms with Gasteiger partial charge in [-0.25, -0.2) is 28.1 Å². The number of benzene rings is 2.